The quantitative estimate of drug-likeness (QED) is 0.519. The molecule has 3 nitrogen and oxygen atoms in total. The van der Waals surface area contributed by atoms with Crippen LogP contribution in [0.1, 0.15) is 5.56 Å². The Balaban J connectivity index is 2.33. The Hall–Kier alpha value is -0.600. The number of benzene rings is 2. The second-order valence-corrected chi connectivity index (χ2v) is 7.66. The number of halogens is 2. The zero-order chi connectivity index (χ0) is 14.0. The SMILES string of the molecule is Cc1ccc(S(=O)(=O)Oc2cc(Br)cc(I)c2)cc1. The summed E-state index contributed by atoms with van der Waals surface area (Å²) in [5.74, 6) is 0.291. The highest BCUT2D eigenvalue weighted by Crippen LogP contribution is 2.25. The maximum Gasteiger partial charge on any atom is 0.339 e. The molecule has 19 heavy (non-hydrogen) atoms. The largest absolute Gasteiger partial charge is 0.379 e. The van der Waals surface area contributed by atoms with Gasteiger partial charge in [0.1, 0.15) is 10.6 Å². The molecule has 2 rings (SSSR count). The van der Waals surface area contributed by atoms with Gasteiger partial charge in [0.2, 0.25) is 0 Å². The summed E-state index contributed by atoms with van der Waals surface area (Å²) >= 11 is 5.40. The Morgan fingerprint density at radius 3 is 2.32 bits per heavy atom. The molecule has 6 heteroatoms. The van der Waals surface area contributed by atoms with Crippen LogP contribution in [0.3, 0.4) is 0 Å². The molecule has 2 aromatic rings. The van der Waals surface area contributed by atoms with Gasteiger partial charge in [-0.15, -0.1) is 0 Å². The van der Waals surface area contributed by atoms with Gasteiger partial charge in [-0.3, -0.25) is 0 Å². The smallest absolute Gasteiger partial charge is 0.339 e. The van der Waals surface area contributed by atoms with E-state index in [0.717, 1.165) is 13.6 Å². The van der Waals surface area contributed by atoms with E-state index in [4.69, 9.17) is 4.18 Å². The number of rotatable bonds is 3. The molecule has 0 radical (unpaired) electrons. The van der Waals surface area contributed by atoms with Crippen LogP contribution in [0.4, 0.5) is 0 Å². The maximum atomic E-state index is 12.1. The molecule has 0 heterocycles. The van der Waals surface area contributed by atoms with Crippen molar-refractivity contribution < 1.29 is 12.6 Å². The number of aryl methyl sites for hydroxylation is 1. The van der Waals surface area contributed by atoms with E-state index in [0.29, 0.717) is 5.75 Å². The molecule has 0 aliphatic rings. The first-order valence-electron chi connectivity index (χ1n) is 5.34. The summed E-state index contributed by atoms with van der Waals surface area (Å²) in [4.78, 5) is 0.146. The van der Waals surface area contributed by atoms with E-state index in [9.17, 15) is 8.42 Å². The van der Waals surface area contributed by atoms with Crippen LogP contribution in [-0.4, -0.2) is 8.42 Å². The van der Waals surface area contributed by atoms with E-state index in [2.05, 4.69) is 38.5 Å². The van der Waals surface area contributed by atoms with E-state index in [-0.39, 0.29) is 4.90 Å². The van der Waals surface area contributed by atoms with Crippen molar-refractivity contribution in [1.82, 2.24) is 0 Å². The van der Waals surface area contributed by atoms with Crippen molar-refractivity contribution in [2.75, 3.05) is 0 Å². The summed E-state index contributed by atoms with van der Waals surface area (Å²) in [6, 6.07) is 11.7. The Labute approximate surface area is 134 Å². The van der Waals surface area contributed by atoms with Crippen molar-refractivity contribution in [1.29, 1.82) is 0 Å². The summed E-state index contributed by atoms with van der Waals surface area (Å²) in [5.41, 5.74) is 0.996. The Bertz CT molecular complexity index is 676. The van der Waals surface area contributed by atoms with Crippen molar-refractivity contribution in [3.8, 4) is 5.75 Å². The molecule has 0 spiro atoms. The van der Waals surface area contributed by atoms with Crippen LogP contribution in [-0.2, 0) is 10.1 Å². The van der Waals surface area contributed by atoms with Crippen LogP contribution in [0.5, 0.6) is 5.75 Å². The van der Waals surface area contributed by atoms with Gasteiger partial charge in [-0.1, -0.05) is 33.6 Å². The lowest BCUT2D eigenvalue weighted by atomic mass is 10.2. The van der Waals surface area contributed by atoms with Crippen molar-refractivity contribution in [3.05, 3.63) is 56.1 Å². The molecule has 0 bridgehead atoms. The van der Waals surface area contributed by atoms with Crippen LogP contribution >= 0.6 is 38.5 Å². The molecule has 2 aromatic carbocycles. The highest BCUT2D eigenvalue weighted by molar-refractivity contribution is 14.1. The average Bonchev–Trinajstić information content (AvgIpc) is 2.27. The van der Waals surface area contributed by atoms with Gasteiger partial charge in [0, 0.05) is 8.04 Å². The van der Waals surface area contributed by atoms with Gasteiger partial charge in [-0.25, -0.2) is 0 Å². The fraction of sp³-hybridized carbons (Fsp3) is 0.0769. The Morgan fingerprint density at radius 1 is 1.11 bits per heavy atom. The molecule has 0 saturated carbocycles. The van der Waals surface area contributed by atoms with Gasteiger partial charge in [0.15, 0.2) is 0 Å². The van der Waals surface area contributed by atoms with E-state index >= 15 is 0 Å². The van der Waals surface area contributed by atoms with Crippen LogP contribution in [0.25, 0.3) is 0 Å². The lowest BCUT2D eigenvalue weighted by Gasteiger charge is -2.08. The molecular weight excluding hydrogens is 443 g/mol. The van der Waals surface area contributed by atoms with E-state index in [1.54, 1.807) is 24.3 Å². The van der Waals surface area contributed by atoms with Crippen molar-refractivity contribution in [2.45, 2.75) is 11.8 Å². The molecule has 0 saturated heterocycles. The third-order valence-corrected chi connectivity index (χ3v) is 4.69. The van der Waals surface area contributed by atoms with Gasteiger partial charge >= 0.3 is 10.1 Å². The highest BCUT2D eigenvalue weighted by Gasteiger charge is 2.16. The first kappa shape index (κ1) is 14.8. The molecule has 0 N–H and O–H groups in total. The van der Waals surface area contributed by atoms with E-state index in [1.807, 2.05) is 13.0 Å². The summed E-state index contributed by atoms with van der Waals surface area (Å²) < 4.78 is 31.0. The summed E-state index contributed by atoms with van der Waals surface area (Å²) in [6.45, 7) is 1.90. The van der Waals surface area contributed by atoms with Gasteiger partial charge in [0.25, 0.3) is 0 Å². The minimum absolute atomic E-state index is 0.146. The van der Waals surface area contributed by atoms with Gasteiger partial charge in [0.05, 0.1) is 0 Å². The summed E-state index contributed by atoms with van der Waals surface area (Å²) in [5, 5.41) is 0. The fourth-order valence-corrected chi connectivity index (χ4v) is 3.91. The zero-order valence-corrected chi connectivity index (χ0v) is 14.5. The van der Waals surface area contributed by atoms with Crippen LogP contribution in [0, 0.1) is 10.5 Å². The molecule has 0 aromatic heterocycles. The molecule has 100 valence electrons. The predicted octanol–water partition coefficient (Wildman–Crippen LogP) is 4.13. The zero-order valence-electron chi connectivity index (χ0n) is 9.93. The third kappa shape index (κ3) is 3.93. The lowest BCUT2D eigenvalue weighted by Crippen LogP contribution is -2.09. The maximum absolute atomic E-state index is 12.1. The van der Waals surface area contributed by atoms with E-state index in [1.165, 1.54) is 12.1 Å². The first-order valence-corrected chi connectivity index (χ1v) is 8.62. The second kappa shape index (κ2) is 5.80. The second-order valence-electron chi connectivity index (χ2n) is 3.96. The fourth-order valence-electron chi connectivity index (χ4n) is 1.46. The standard InChI is InChI=1S/C13H10BrIO3S/c1-9-2-4-13(5-3-9)19(16,17)18-12-7-10(14)6-11(15)8-12/h2-8H,1H3. The highest BCUT2D eigenvalue weighted by atomic mass is 127. The number of hydrogen-bond acceptors (Lipinski definition) is 3. The molecule has 0 aliphatic carbocycles. The minimum atomic E-state index is -3.79. The predicted molar refractivity (Wildman–Crippen MR) is 85.9 cm³/mol. The first-order chi connectivity index (χ1) is 8.87. The molecule has 0 unspecified atom stereocenters. The monoisotopic (exact) mass is 452 g/mol. The Kier molecular flexibility index (Phi) is 4.52. The summed E-state index contributed by atoms with van der Waals surface area (Å²) in [6.07, 6.45) is 0. The van der Waals surface area contributed by atoms with E-state index < -0.39 is 10.1 Å². The Morgan fingerprint density at radius 2 is 1.74 bits per heavy atom. The van der Waals surface area contributed by atoms with Crippen molar-refractivity contribution >= 4 is 48.6 Å². The lowest BCUT2D eigenvalue weighted by molar-refractivity contribution is 0.485. The van der Waals surface area contributed by atoms with Gasteiger partial charge in [-0.2, -0.15) is 8.42 Å². The average molecular weight is 453 g/mol. The third-order valence-electron chi connectivity index (χ3n) is 2.35. The molecule has 0 atom stereocenters. The van der Waals surface area contributed by atoms with Gasteiger partial charge in [-0.05, 0) is 59.8 Å². The molecule has 0 fully saturated rings. The van der Waals surface area contributed by atoms with Crippen molar-refractivity contribution in [3.63, 3.8) is 0 Å². The topological polar surface area (TPSA) is 43.4 Å². The number of hydrogen-bond donors (Lipinski definition) is 0. The normalized spacial score (nSPS) is 11.3. The van der Waals surface area contributed by atoms with Gasteiger partial charge < -0.3 is 4.18 Å². The molecular formula is C13H10BrIO3S. The summed E-state index contributed by atoms with van der Waals surface area (Å²) in [7, 11) is -3.79. The van der Waals surface area contributed by atoms with Crippen LogP contribution < -0.4 is 4.18 Å². The van der Waals surface area contributed by atoms with Crippen molar-refractivity contribution in [2.24, 2.45) is 0 Å². The van der Waals surface area contributed by atoms with Crippen LogP contribution in [0.2, 0.25) is 0 Å². The van der Waals surface area contributed by atoms with Crippen LogP contribution in [0.15, 0.2) is 51.8 Å². The molecule has 0 amide bonds. The molecule has 0 aliphatic heterocycles. The minimum Gasteiger partial charge on any atom is -0.379 e.